The lowest BCUT2D eigenvalue weighted by atomic mass is 9.96. The van der Waals surface area contributed by atoms with Gasteiger partial charge in [-0.1, -0.05) is 41.1 Å². The van der Waals surface area contributed by atoms with Crippen LogP contribution in [0.5, 0.6) is 11.5 Å². The van der Waals surface area contributed by atoms with Gasteiger partial charge >= 0.3 is 0 Å². The van der Waals surface area contributed by atoms with Crippen LogP contribution in [0.2, 0.25) is 0 Å². The molecule has 7 nitrogen and oxygen atoms in total. The third-order valence-electron chi connectivity index (χ3n) is 5.72. The van der Waals surface area contributed by atoms with E-state index < -0.39 is 0 Å². The Balaban J connectivity index is 1.18. The minimum Gasteiger partial charge on any atom is -0.454 e. The molecule has 3 aromatic rings. The van der Waals surface area contributed by atoms with Crippen LogP contribution < -0.4 is 9.47 Å². The Labute approximate surface area is 180 Å². The minimum atomic E-state index is 0.00184. The van der Waals surface area contributed by atoms with Crippen molar-refractivity contribution in [2.75, 3.05) is 19.9 Å². The number of aryl methyl sites for hydroxylation is 1. The molecule has 0 N–H and O–H groups in total. The predicted molar refractivity (Wildman–Crippen MR) is 115 cm³/mol. The first-order valence-electron chi connectivity index (χ1n) is 10.4. The average molecular weight is 417 g/mol. The summed E-state index contributed by atoms with van der Waals surface area (Å²) in [7, 11) is 0. The molecular weight excluding hydrogens is 394 g/mol. The summed E-state index contributed by atoms with van der Waals surface area (Å²) in [5.41, 5.74) is 3.04. The second-order valence-corrected chi connectivity index (χ2v) is 7.87. The average Bonchev–Trinajstić information content (AvgIpc) is 3.47. The zero-order valence-electron chi connectivity index (χ0n) is 17.3. The highest BCUT2D eigenvalue weighted by Gasteiger charge is 2.27. The molecule has 0 atom stereocenters. The Kier molecular flexibility index (Phi) is 5.16. The third-order valence-corrected chi connectivity index (χ3v) is 5.72. The number of nitrogens with zero attached hydrogens (tertiary/aromatic N) is 3. The number of carbonyl (C=O) groups is 1. The number of amides is 1. The summed E-state index contributed by atoms with van der Waals surface area (Å²) in [5.74, 6) is 2.88. The largest absolute Gasteiger partial charge is 0.454 e. The second kappa shape index (κ2) is 8.26. The summed E-state index contributed by atoms with van der Waals surface area (Å²) in [6.07, 6.45) is 5.03. The fourth-order valence-electron chi connectivity index (χ4n) is 3.86. The molecule has 2 aromatic carbocycles. The van der Waals surface area contributed by atoms with E-state index in [1.54, 1.807) is 6.08 Å². The molecule has 0 saturated carbocycles. The van der Waals surface area contributed by atoms with Crippen molar-refractivity contribution in [1.29, 1.82) is 0 Å². The van der Waals surface area contributed by atoms with E-state index in [0.29, 0.717) is 30.6 Å². The topological polar surface area (TPSA) is 77.7 Å². The summed E-state index contributed by atoms with van der Waals surface area (Å²) in [4.78, 5) is 19.0. The molecule has 2 aliphatic heterocycles. The number of piperidine rings is 1. The van der Waals surface area contributed by atoms with Gasteiger partial charge in [0.2, 0.25) is 24.4 Å². The predicted octanol–water partition coefficient (Wildman–Crippen LogP) is 4.19. The highest BCUT2D eigenvalue weighted by atomic mass is 16.7. The fourth-order valence-corrected chi connectivity index (χ4v) is 3.86. The molecule has 1 saturated heterocycles. The highest BCUT2D eigenvalue weighted by Crippen LogP contribution is 2.33. The van der Waals surface area contributed by atoms with Gasteiger partial charge in [-0.15, -0.1) is 0 Å². The lowest BCUT2D eigenvalue weighted by Gasteiger charge is -2.29. The Hall–Kier alpha value is -3.61. The standard InChI is InChI=1S/C24H23N3O4/c1-16-2-6-18(7-3-16)23-25-24(31-26-23)19-10-12-27(13-11-19)22(28)9-5-17-4-8-20-21(14-17)30-15-29-20/h2-9,14,19H,10-13,15H2,1H3/b9-5+. The molecule has 1 fully saturated rings. The normalized spacial score (nSPS) is 16.2. The van der Waals surface area contributed by atoms with Crippen molar-refractivity contribution >= 4 is 12.0 Å². The van der Waals surface area contributed by atoms with E-state index in [1.165, 1.54) is 5.56 Å². The number of benzene rings is 2. The number of aromatic nitrogens is 2. The maximum Gasteiger partial charge on any atom is 0.246 e. The van der Waals surface area contributed by atoms with Crippen LogP contribution in [0, 0.1) is 6.92 Å². The summed E-state index contributed by atoms with van der Waals surface area (Å²) >= 11 is 0. The first-order valence-corrected chi connectivity index (χ1v) is 10.4. The maximum absolute atomic E-state index is 12.6. The number of fused-ring (bicyclic) bond motifs is 1. The molecule has 31 heavy (non-hydrogen) atoms. The van der Waals surface area contributed by atoms with Crippen LogP contribution in [-0.2, 0) is 4.79 Å². The molecule has 0 unspecified atom stereocenters. The smallest absolute Gasteiger partial charge is 0.246 e. The van der Waals surface area contributed by atoms with Crippen LogP contribution in [0.1, 0.15) is 35.8 Å². The van der Waals surface area contributed by atoms with Gasteiger partial charge in [-0.25, -0.2) is 0 Å². The van der Waals surface area contributed by atoms with Crippen molar-refractivity contribution in [3.05, 3.63) is 65.6 Å². The molecule has 1 amide bonds. The van der Waals surface area contributed by atoms with Crippen LogP contribution in [0.15, 0.2) is 53.1 Å². The van der Waals surface area contributed by atoms with Crippen LogP contribution >= 0.6 is 0 Å². The maximum atomic E-state index is 12.6. The van der Waals surface area contributed by atoms with Crippen LogP contribution in [-0.4, -0.2) is 40.8 Å². The third kappa shape index (κ3) is 4.17. The van der Waals surface area contributed by atoms with Crippen molar-refractivity contribution < 1.29 is 18.8 Å². The van der Waals surface area contributed by atoms with E-state index in [2.05, 4.69) is 10.1 Å². The molecule has 5 rings (SSSR count). The van der Waals surface area contributed by atoms with Gasteiger partial charge in [0, 0.05) is 30.6 Å². The van der Waals surface area contributed by atoms with Gasteiger partial charge in [0.05, 0.1) is 0 Å². The molecule has 1 aromatic heterocycles. The zero-order valence-corrected chi connectivity index (χ0v) is 17.3. The van der Waals surface area contributed by atoms with Gasteiger partial charge in [-0.3, -0.25) is 4.79 Å². The number of hydrogen-bond donors (Lipinski definition) is 0. The Morgan fingerprint density at radius 1 is 1.06 bits per heavy atom. The van der Waals surface area contributed by atoms with Gasteiger partial charge in [0.1, 0.15) is 0 Å². The highest BCUT2D eigenvalue weighted by molar-refractivity contribution is 5.92. The first-order chi connectivity index (χ1) is 15.2. The number of hydrogen-bond acceptors (Lipinski definition) is 6. The zero-order chi connectivity index (χ0) is 21.2. The summed E-state index contributed by atoms with van der Waals surface area (Å²) < 4.78 is 16.2. The lowest BCUT2D eigenvalue weighted by molar-refractivity contribution is -0.127. The molecule has 0 bridgehead atoms. The van der Waals surface area contributed by atoms with Crippen molar-refractivity contribution in [1.82, 2.24) is 15.0 Å². The molecule has 0 aliphatic carbocycles. The second-order valence-electron chi connectivity index (χ2n) is 7.87. The van der Waals surface area contributed by atoms with Gasteiger partial charge in [0.15, 0.2) is 11.5 Å². The number of likely N-dealkylation sites (tertiary alicyclic amines) is 1. The molecule has 0 spiro atoms. The van der Waals surface area contributed by atoms with E-state index in [1.807, 2.05) is 60.4 Å². The van der Waals surface area contributed by atoms with E-state index >= 15 is 0 Å². The monoisotopic (exact) mass is 417 g/mol. The van der Waals surface area contributed by atoms with E-state index in [-0.39, 0.29) is 18.6 Å². The minimum absolute atomic E-state index is 0.00184. The summed E-state index contributed by atoms with van der Waals surface area (Å²) in [5, 5.41) is 4.14. The molecule has 2 aliphatic rings. The van der Waals surface area contributed by atoms with Gasteiger partial charge in [-0.2, -0.15) is 4.98 Å². The Morgan fingerprint density at radius 2 is 1.84 bits per heavy atom. The SMILES string of the molecule is Cc1ccc(-c2noc(C3CCN(C(=O)/C=C/c4ccc5c(c4)OCO5)CC3)n2)cc1. The van der Waals surface area contributed by atoms with Gasteiger partial charge in [-0.05, 0) is 43.5 Å². The van der Waals surface area contributed by atoms with Crippen molar-refractivity contribution in [2.45, 2.75) is 25.7 Å². The molecule has 7 heteroatoms. The van der Waals surface area contributed by atoms with Crippen molar-refractivity contribution in [3.8, 4) is 22.9 Å². The molecule has 3 heterocycles. The number of ether oxygens (including phenoxy) is 2. The van der Waals surface area contributed by atoms with Crippen molar-refractivity contribution in [3.63, 3.8) is 0 Å². The Morgan fingerprint density at radius 3 is 2.65 bits per heavy atom. The van der Waals surface area contributed by atoms with E-state index in [9.17, 15) is 4.79 Å². The van der Waals surface area contributed by atoms with Crippen LogP contribution in [0.4, 0.5) is 0 Å². The van der Waals surface area contributed by atoms with Crippen LogP contribution in [0.25, 0.3) is 17.5 Å². The lowest BCUT2D eigenvalue weighted by Crippen LogP contribution is -2.36. The summed E-state index contributed by atoms with van der Waals surface area (Å²) in [6, 6.07) is 13.7. The first kappa shape index (κ1) is 19.4. The van der Waals surface area contributed by atoms with Crippen LogP contribution in [0.3, 0.4) is 0 Å². The molecule has 0 radical (unpaired) electrons. The number of rotatable bonds is 4. The van der Waals surface area contributed by atoms with Crippen molar-refractivity contribution in [2.24, 2.45) is 0 Å². The molecular formula is C24H23N3O4. The van der Waals surface area contributed by atoms with Gasteiger partial charge in [0.25, 0.3) is 0 Å². The van der Waals surface area contributed by atoms with E-state index in [0.717, 1.165) is 29.7 Å². The van der Waals surface area contributed by atoms with E-state index in [4.69, 9.17) is 14.0 Å². The summed E-state index contributed by atoms with van der Waals surface area (Å²) in [6.45, 7) is 3.61. The Bertz CT molecular complexity index is 1110. The quantitative estimate of drug-likeness (QED) is 0.593. The fraction of sp³-hybridized carbons (Fsp3) is 0.292. The number of carbonyl (C=O) groups excluding carboxylic acids is 1. The molecule has 158 valence electrons. The van der Waals surface area contributed by atoms with Gasteiger partial charge < -0.3 is 18.9 Å².